The zero-order chi connectivity index (χ0) is 30.1. The number of tetrazole rings is 1. The number of pyridine rings is 1. The Hall–Kier alpha value is -4.51. The van der Waals surface area contributed by atoms with Gasteiger partial charge in [0.1, 0.15) is 6.04 Å². The average molecular weight is 588 g/mol. The summed E-state index contributed by atoms with van der Waals surface area (Å²) in [5.74, 6) is 0.554. The molecule has 1 aliphatic rings. The van der Waals surface area contributed by atoms with Crippen LogP contribution >= 0.6 is 0 Å². The van der Waals surface area contributed by atoms with E-state index in [1.165, 1.54) is 12.1 Å². The molecule has 43 heavy (non-hydrogen) atoms. The zero-order valence-electron chi connectivity index (χ0n) is 24.0. The van der Waals surface area contributed by atoms with Gasteiger partial charge in [-0.05, 0) is 71.7 Å². The number of aromatic amines is 1. The maximum atomic E-state index is 13.7. The SMILES string of the molecule is Cc1ccc(C)c2[nH]c(=O)c(C(c3nnnn3CCc3ccccc3)N3CCN(c4cccc(C(F)(F)F)c4)CC3)cc12. The lowest BCUT2D eigenvalue weighted by Crippen LogP contribution is -2.49. The van der Waals surface area contributed by atoms with Crippen LogP contribution in [0.3, 0.4) is 0 Å². The number of alkyl halides is 3. The molecule has 11 heteroatoms. The Bertz CT molecular complexity index is 1790. The largest absolute Gasteiger partial charge is 0.416 e. The van der Waals surface area contributed by atoms with Crippen molar-refractivity contribution in [3.8, 4) is 0 Å². The van der Waals surface area contributed by atoms with E-state index in [0.29, 0.717) is 56.2 Å². The monoisotopic (exact) mass is 587 g/mol. The number of benzene rings is 3. The van der Waals surface area contributed by atoms with Gasteiger partial charge in [-0.1, -0.05) is 48.5 Å². The summed E-state index contributed by atoms with van der Waals surface area (Å²) in [6, 6.07) is 20.9. The molecule has 1 N–H and O–H groups in total. The van der Waals surface area contributed by atoms with Crippen LogP contribution in [0.5, 0.6) is 0 Å². The van der Waals surface area contributed by atoms with Gasteiger partial charge in [-0.25, -0.2) is 4.68 Å². The van der Waals surface area contributed by atoms with E-state index in [4.69, 9.17) is 0 Å². The molecule has 6 rings (SSSR count). The highest BCUT2D eigenvalue weighted by atomic mass is 19.4. The summed E-state index contributed by atoms with van der Waals surface area (Å²) in [7, 11) is 0. The van der Waals surface area contributed by atoms with Crippen LogP contribution in [0.2, 0.25) is 0 Å². The molecular formula is C32H32F3N7O. The molecule has 0 bridgehead atoms. The third-order valence-corrected chi connectivity index (χ3v) is 8.24. The summed E-state index contributed by atoms with van der Waals surface area (Å²) in [6.45, 7) is 6.45. The van der Waals surface area contributed by atoms with Crippen molar-refractivity contribution in [3.05, 3.63) is 117 Å². The molecule has 5 aromatic rings. The number of nitrogens with zero attached hydrogens (tertiary/aromatic N) is 6. The lowest BCUT2D eigenvalue weighted by atomic mass is 9.99. The highest BCUT2D eigenvalue weighted by Gasteiger charge is 2.34. The summed E-state index contributed by atoms with van der Waals surface area (Å²) in [5, 5.41) is 13.7. The third-order valence-electron chi connectivity index (χ3n) is 8.24. The van der Waals surface area contributed by atoms with Crippen LogP contribution in [0.1, 0.15) is 39.7 Å². The number of fused-ring (bicyclic) bond motifs is 1. The molecule has 1 atom stereocenters. The molecule has 1 fully saturated rings. The molecule has 3 heterocycles. The highest BCUT2D eigenvalue weighted by molar-refractivity contribution is 5.85. The molecule has 0 radical (unpaired) electrons. The lowest BCUT2D eigenvalue weighted by Gasteiger charge is -2.39. The summed E-state index contributed by atoms with van der Waals surface area (Å²) in [6.07, 6.45) is -3.70. The first-order chi connectivity index (χ1) is 20.7. The van der Waals surface area contributed by atoms with Crippen LogP contribution in [0, 0.1) is 13.8 Å². The quantitative estimate of drug-likeness (QED) is 0.278. The predicted molar refractivity (Wildman–Crippen MR) is 159 cm³/mol. The normalized spacial score (nSPS) is 15.2. The van der Waals surface area contributed by atoms with Crippen molar-refractivity contribution in [3.63, 3.8) is 0 Å². The van der Waals surface area contributed by atoms with Crippen LogP contribution in [0.15, 0.2) is 77.6 Å². The van der Waals surface area contributed by atoms with Crippen LogP contribution in [-0.2, 0) is 19.1 Å². The second kappa shape index (κ2) is 11.6. The van der Waals surface area contributed by atoms with E-state index in [9.17, 15) is 18.0 Å². The second-order valence-electron chi connectivity index (χ2n) is 11.0. The maximum Gasteiger partial charge on any atom is 0.416 e. The third kappa shape index (κ3) is 5.90. The first-order valence-corrected chi connectivity index (χ1v) is 14.3. The molecule has 3 aromatic carbocycles. The number of aryl methyl sites for hydroxylation is 4. The van der Waals surface area contributed by atoms with Crippen molar-refractivity contribution in [2.75, 3.05) is 31.1 Å². The smallest absolute Gasteiger partial charge is 0.369 e. The summed E-state index contributed by atoms with van der Waals surface area (Å²) < 4.78 is 41.9. The first kappa shape index (κ1) is 28.6. The van der Waals surface area contributed by atoms with Gasteiger partial charge in [-0.15, -0.1) is 5.10 Å². The van der Waals surface area contributed by atoms with Crippen LogP contribution in [0.25, 0.3) is 10.9 Å². The van der Waals surface area contributed by atoms with Gasteiger partial charge in [0, 0.05) is 49.4 Å². The van der Waals surface area contributed by atoms with E-state index < -0.39 is 17.8 Å². The number of halogens is 3. The van der Waals surface area contributed by atoms with Crippen molar-refractivity contribution >= 4 is 16.6 Å². The van der Waals surface area contributed by atoms with Gasteiger partial charge in [0.15, 0.2) is 5.82 Å². The number of anilines is 1. The van der Waals surface area contributed by atoms with Crippen molar-refractivity contribution in [1.82, 2.24) is 30.1 Å². The summed E-state index contributed by atoms with van der Waals surface area (Å²) in [4.78, 5) is 20.9. The number of aromatic nitrogens is 5. The van der Waals surface area contributed by atoms with Crippen molar-refractivity contribution in [2.24, 2.45) is 0 Å². The van der Waals surface area contributed by atoms with Gasteiger partial charge in [-0.3, -0.25) is 9.69 Å². The van der Waals surface area contributed by atoms with Gasteiger partial charge in [-0.2, -0.15) is 13.2 Å². The number of hydrogen-bond donors (Lipinski definition) is 1. The van der Waals surface area contributed by atoms with E-state index in [2.05, 4.69) is 25.4 Å². The van der Waals surface area contributed by atoms with E-state index >= 15 is 0 Å². The first-order valence-electron chi connectivity index (χ1n) is 14.3. The molecule has 8 nitrogen and oxygen atoms in total. The van der Waals surface area contributed by atoms with Crippen molar-refractivity contribution in [1.29, 1.82) is 0 Å². The van der Waals surface area contributed by atoms with Crippen molar-refractivity contribution in [2.45, 2.75) is 39.0 Å². The Labute approximate surface area is 246 Å². The zero-order valence-corrected chi connectivity index (χ0v) is 24.0. The number of H-pyrrole nitrogens is 1. The van der Waals surface area contributed by atoms with Gasteiger partial charge in [0.2, 0.25) is 0 Å². The van der Waals surface area contributed by atoms with Crippen molar-refractivity contribution < 1.29 is 13.2 Å². The Balaban J connectivity index is 1.35. The Morgan fingerprint density at radius 1 is 0.907 bits per heavy atom. The molecule has 1 saturated heterocycles. The standard InChI is InChI=1S/C32H32F3N7O/c1-21-11-12-22(2)28-26(21)20-27(31(43)36-28)29(30-37-38-39-42(30)14-13-23-7-4-3-5-8-23)41-17-15-40(16-18-41)25-10-6-9-24(19-25)32(33,34)35/h3-12,19-20,29H,13-18H2,1-2H3,(H,36,43). The summed E-state index contributed by atoms with van der Waals surface area (Å²) in [5.41, 5.74) is 4.12. The minimum Gasteiger partial charge on any atom is -0.369 e. The average Bonchev–Trinajstić information content (AvgIpc) is 3.47. The summed E-state index contributed by atoms with van der Waals surface area (Å²) >= 11 is 0. The van der Waals surface area contributed by atoms with Gasteiger partial charge in [0.05, 0.1) is 11.1 Å². The number of rotatable bonds is 7. The van der Waals surface area contributed by atoms with Gasteiger partial charge < -0.3 is 9.88 Å². The fraction of sp³-hybridized carbons (Fsp3) is 0.312. The molecule has 0 spiro atoms. The topological polar surface area (TPSA) is 82.9 Å². The van der Waals surface area contributed by atoms with E-state index in [1.54, 1.807) is 10.7 Å². The Kier molecular flexibility index (Phi) is 7.74. The van der Waals surface area contributed by atoms with Crippen LogP contribution in [0.4, 0.5) is 18.9 Å². The molecule has 2 aromatic heterocycles. The number of hydrogen-bond acceptors (Lipinski definition) is 6. The fourth-order valence-electron chi connectivity index (χ4n) is 5.86. The van der Waals surface area contributed by atoms with E-state index in [1.807, 2.05) is 67.3 Å². The van der Waals surface area contributed by atoms with E-state index in [-0.39, 0.29) is 5.56 Å². The van der Waals surface area contributed by atoms with Gasteiger partial charge >= 0.3 is 6.18 Å². The second-order valence-corrected chi connectivity index (χ2v) is 11.0. The Morgan fingerprint density at radius 2 is 1.65 bits per heavy atom. The van der Waals surface area contributed by atoms with Crippen LogP contribution in [-0.4, -0.2) is 56.3 Å². The Morgan fingerprint density at radius 3 is 2.40 bits per heavy atom. The lowest BCUT2D eigenvalue weighted by molar-refractivity contribution is -0.137. The predicted octanol–water partition coefficient (Wildman–Crippen LogP) is 5.30. The molecule has 222 valence electrons. The highest BCUT2D eigenvalue weighted by Crippen LogP contribution is 2.33. The van der Waals surface area contributed by atoms with Gasteiger partial charge in [0.25, 0.3) is 5.56 Å². The maximum absolute atomic E-state index is 13.7. The van der Waals surface area contributed by atoms with E-state index in [0.717, 1.165) is 33.7 Å². The fourth-order valence-corrected chi connectivity index (χ4v) is 5.86. The molecule has 0 aliphatic carbocycles. The molecule has 1 unspecified atom stereocenters. The number of piperazine rings is 1. The van der Waals surface area contributed by atoms with Crippen LogP contribution < -0.4 is 10.5 Å². The molecule has 1 aliphatic heterocycles. The molecular weight excluding hydrogens is 555 g/mol. The molecule has 0 saturated carbocycles. The number of nitrogens with one attached hydrogen (secondary N) is 1. The molecule has 0 amide bonds. The minimum atomic E-state index is -4.41. The minimum absolute atomic E-state index is 0.218.